The second-order valence-corrected chi connectivity index (χ2v) is 5.04. The summed E-state index contributed by atoms with van der Waals surface area (Å²) < 4.78 is 5.26. The first kappa shape index (κ1) is 11.9. The fraction of sp³-hybridized carbons (Fsp3) is 0.250. The number of rotatable bonds is 2. The first-order valence-electron chi connectivity index (χ1n) is 6.44. The van der Waals surface area contributed by atoms with E-state index in [0.29, 0.717) is 0 Å². The zero-order chi connectivity index (χ0) is 13.4. The van der Waals surface area contributed by atoms with Crippen LogP contribution in [0.25, 0.3) is 0 Å². The van der Waals surface area contributed by atoms with Gasteiger partial charge in [-0.3, -0.25) is 0 Å². The Morgan fingerprint density at radius 2 is 1.84 bits per heavy atom. The number of benzene rings is 2. The quantitative estimate of drug-likeness (QED) is 0.837. The molecule has 0 atom stereocenters. The van der Waals surface area contributed by atoms with E-state index in [2.05, 4.69) is 36.1 Å². The second kappa shape index (κ2) is 4.50. The van der Waals surface area contributed by atoms with Crippen LogP contribution in [0.4, 0.5) is 11.4 Å². The lowest BCUT2D eigenvalue weighted by atomic mass is 10.1. The summed E-state index contributed by atoms with van der Waals surface area (Å²) >= 11 is 0. The minimum atomic E-state index is 0.840. The molecule has 0 aliphatic carbocycles. The maximum absolute atomic E-state index is 5.85. The molecule has 2 N–H and O–H groups in total. The van der Waals surface area contributed by atoms with Crippen molar-refractivity contribution < 1.29 is 4.74 Å². The molecule has 3 heteroatoms. The van der Waals surface area contributed by atoms with E-state index in [1.807, 2.05) is 12.1 Å². The van der Waals surface area contributed by atoms with E-state index < -0.39 is 0 Å². The van der Waals surface area contributed by atoms with Gasteiger partial charge in [-0.2, -0.15) is 0 Å². The van der Waals surface area contributed by atoms with E-state index in [-0.39, 0.29) is 0 Å². The van der Waals surface area contributed by atoms with Gasteiger partial charge >= 0.3 is 0 Å². The van der Waals surface area contributed by atoms with Crippen LogP contribution >= 0.6 is 0 Å². The van der Waals surface area contributed by atoms with Gasteiger partial charge in [0.15, 0.2) is 0 Å². The zero-order valence-corrected chi connectivity index (χ0v) is 11.3. The van der Waals surface area contributed by atoms with Crippen LogP contribution in [-0.4, -0.2) is 7.11 Å². The minimum absolute atomic E-state index is 0.840. The van der Waals surface area contributed by atoms with E-state index in [0.717, 1.165) is 24.5 Å². The third kappa shape index (κ3) is 2.12. The molecule has 1 aliphatic rings. The molecule has 19 heavy (non-hydrogen) atoms. The van der Waals surface area contributed by atoms with Crippen LogP contribution in [0.5, 0.6) is 5.75 Å². The number of nitrogen functional groups attached to an aromatic ring is 1. The van der Waals surface area contributed by atoms with E-state index in [1.165, 1.54) is 22.4 Å². The molecular formula is C16H18N2O. The molecule has 0 aromatic heterocycles. The molecular weight excluding hydrogens is 236 g/mol. The van der Waals surface area contributed by atoms with Crippen LogP contribution in [0, 0.1) is 6.92 Å². The molecule has 0 bridgehead atoms. The van der Waals surface area contributed by atoms with E-state index in [9.17, 15) is 0 Å². The Morgan fingerprint density at radius 1 is 1.05 bits per heavy atom. The van der Waals surface area contributed by atoms with Crippen molar-refractivity contribution in [2.45, 2.75) is 20.0 Å². The summed E-state index contributed by atoms with van der Waals surface area (Å²) in [5.41, 5.74) is 11.9. The monoisotopic (exact) mass is 254 g/mol. The summed E-state index contributed by atoms with van der Waals surface area (Å²) in [5.74, 6) is 0.905. The van der Waals surface area contributed by atoms with E-state index in [4.69, 9.17) is 10.5 Å². The lowest BCUT2D eigenvalue weighted by Gasteiger charge is -2.20. The summed E-state index contributed by atoms with van der Waals surface area (Å²) in [6.07, 6.45) is 0. The van der Waals surface area contributed by atoms with Crippen molar-refractivity contribution in [3.05, 3.63) is 53.1 Å². The molecule has 0 saturated carbocycles. The van der Waals surface area contributed by atoms with Gasteiger partial charge in [0, 0.05) is 24.5 Å². The topological polar surface area (TPSA) is 38.5 Å². The van der Waals surface area contributed by atoms with Crippen molar-refractivity contribution in [2.24, 2.45) is 0 Å². The first-order valence-corrected chi connectivity index (χ1v) is 6.44. The molecule has 0 unspecified atom stereocenters. The Bertz CT molecular complexity index is 622. The molecule has 3 nitrogen and oxygen atoms in total. The first-order chi connectivity index (χ1) is 9.17. The standard InChI is InChI=1S/C16H18N2O/c1-11-7-15(19-2)5-6-16(11)18-9-12-3-4-14(17)8-13(12)10-18/h3-8H,9-10,17H2,1-2H3. The lowest BCUT2D eigenvalue weighted by molar-refractivity contribution is 0.414. The van der Waals surface area contributed by atoms with Gasteiger partial charge < -0.3 is 15.4 Å². The Balaban J connectivity index is 1.90. The molecule has 2 aromatic carbocycles. The van der Waals surface area contributed by atoms with Crippen LogP contribution in [0.3, 0.4) is 0 Å². The Morgan fingerprint density at radius 3 is 2.58 bits per heavy atom. The predicted octanol–water partition coefficient (Wildman–Crippen LogP) is 3.11. The van der Waals surface area contributed by atoms with E-state index in [1.54, 1.807) is 7.11 Å². The van der Waals surface area contributed by atoms with Crippen molar-refractivity contribution >= 4 is 11.4 Å². The molecule has 1 aliphatic heterocycles. The van der Waals surface area contributed by atoms with Crippen molar-refractivity contribution in [3.63, 3.8) is 0 Å². The Labute approximate surface area is 113 Å². The van der Waals surface area contributed by atoms with Gasteiger partial charge in [0.1, 0.15) is 5.75 Å². The number of hydrogen-bond donors (Lipinski definition) is 1. The van der Waals surface area contributed by atoms with Crippen LogP contribution in [-0.2, 0) is 13.1 Å². The third-order valence-electron chi connectivity index (χ3n) is 3.70. The number of anilines is 2. The lowest BCUT2D eigenvalue weighted by Crippen LogP contribution is -2.15. The highest BCUT2D eigenvalue weighted by Gasteiger charge is 2.20. The Hall–Kier alpha value is -2.16. The van der Waals surface area contributed by atoms with Crippen molar-refractivity contribution in [3.8, 4) is 5.75 Å². The molecule has 1 heterocycles. The van der Waals surface area contributed by atoms with Crippen LogP contribution in [0.1, 0.15) is 16.7 Å². The summed E-state index contributed by atoms with van der Waals surface area (Å²) in [7, 11) is 1.70. The molecule has 98 valence electrons. The third-order valence-corrected chi connectivity index (χ3v) is 3.70. The summed E-state index contributed by atoms with van der Waals surface area (Å²) in [4.78, 5) is 2.37. The molecule has 2 aromatic rings. The van der Waals surface area contributed by atoms with Gasteiger partial charge in [-0.15, -0.1) is 0 Å². The summed E-state index contributed by atoms with van der Waals surface area (Å²) in [6, 6.07) is 12.4. The highest BCUT2D eigenvalue weighted by atomic mass is 16.5. The van der Waals surface area contributed by atoms with Gasteiger partial charge in [0.05, 0.1) is 7.11 Å². The van der Waals surface area contributed by atoms with Gasteiger partial charge in [-0.1, -0.05) is 6.07 Å². The van der Waals surface area contributed by atoms with Crippen LogP contribution < -0.4 is 15.4 Å². The maximum Gasteiger partial charge on any atom is 0.119 e. The van der Waals surface area contributed by atoms with Gasteiger partial charge in [0.2, 0.25) is 0 Å². The summed E-state index contributed by atoms with van der Waals surface area (Å²) in [6.45, 7) is 3.99. The van der Waals surface area contributed by atoms with E-state index >= 15 is 0 Å². The minimum Gasteiger partial charge on any atom is -0.497 e. The largest absolute Gasteiger partial charge is 0.497 e. The number of aryl methyl sites for hydroxylation is 1. The Kier molecular flexibility index (Phi) is 2.82. The molecule has 0 fully saturated rings. The molecule has 0 radical (unpaired) electrons. The molecule has 0 amide bonds. The van der Waals surface area contributed by atoms with Gasteiger partial charge in [-0.25, -0.2) is 0 Å². The highest BCUT2D eigenvalue weighted by molar-refractivity contribution is 5.60. The maximum atomic E-state index is 5.85. The zero-order valence-electron chi connectivity index (χ0n) is 11.3. The molecule has 0 saturated heterocycles. The van der Waals surface area contributed by atoms with Crippen LogP contribution in [0.15, 0.2) is 36.4 Å². The number of methoxy groups -OCH3 is 1. The number of fused-ring (bicyclic) bond motifs is 1. The average molecular weight is 254 g/mol. The fourth-order valence-corrected chi connectivity index (χ4v) is 2.69. The molecule has 0 spiro atoms. The van der Waals surface area contributed by atoms with Gasteiger partial charge in [-0.05, 0) is 53.9 Å². The predicted molar refractivity (Wildman–Crippen MR) is 78.5 cm³/mol. The molecule has 3 rings (SSSR count). The number of ether oxygens (including phenoxy) is 1. The van der Waals surface area contributed by atoms with Crippen LogP contribution in [0.2, 0.25) is 0 Å². The number of nitrogens with zero attached hydrogens (tertiary/aromatic N) is 1. The smallest absolute Gasteiger partial charge is 0.119 e. The average Bonchev–Trinajstić information content (AvgIpc) is 2.81. The highest BCUT2D eigenvalue weighted by Crippen LogP contribution is 2.32. The number of hydrogen-bond acceptors (Lipinski definition) is 3. The van der Waals surface area contributed by atoms with Crippen molar-refractivity contribution in [2.75, 3.05) is 17.7 Å². The second-order valence-electron chi connectivity index (χ2n) is 5.04. The van der Waals surface area contributed by atoms with Crippen molar-refractivity contribution in [1.82, 2.24) is 0 Å². The van der Waals surface area contributed by atoms with Gasteiger partial charge in [0.25, 0.3) is 0 Å². The van der Waals surface area contributed by atoms with Crippen molar-refractivity contribution in [1.29, 1.82) is 0 Å². The SMILES string of the molecule is COc1ccc(N2Cc3ccc(N)cc3C2)c(C)c1. The normalized spacial score (nSPS) is 13.5. The summed E-state index contributed by atoms with van der Waals surface area (Å²) in [5, 5.41) is 0. The number of nitrogens with two attached hydrogens (primary N) is 1. The fourth-order valence-electron chi connectivity index (χ4n) is 2.69.